The Kier molecular flexibility index (Phi) is 2.82. The highest BCUT2D eigenvalue weighted by Gasteiger charge is 2.00. The summed E-state index contributed by atoms with van der Waals surface area (Å²) < 4.78 is 1.69. The first-order valence-electron chi connectivity index (χ1n) is 3.66. The second kappa shape index (κ2) is 3.67. The summed E-state index contributed by atoms with van der Waals surface area (Å²) in [5.74, 6) is 1.83. The van der Waals surface area contributed by atoms with Gasteiger partial charge < -0.3 is 5.73 Å². The van der Waals surface area contributed by atoms with Crippen molar-refractivity contribution in [3.63, 3.8) is 0 Å². The zero-order valence-electron chi connectivity index (χ0n) is 6.87. The van der Waals surface area contributed by atoms with Crippen LogP contribution in [0.5, 0.6) is 0 Å². The molecule has 1 aromatic heterocycles. The lowest BCUT2D eigenvalue weighted by Crippen LogP contribution is -1.96. The van der Waals surface area contributed by atoms with Crippen LogP contribution in [0.4, 0.5) is 5.82 Å². The van der Waals surface area contributed by atoms with E-state index in [1.807, 2.05) is 13.1 Å². The lowest BCUT2D eigenvalue weighted by Gasteiger charge is -1.91. The van der Waals surface area contributed by atoms with Crippen LogP contribution < -0.4 is 5.73 Å². The number of nitrogen functional groups attached to an aromatic ring is 1. The highest BCUT2D eigenvalue weighted by atomic mass is 32.2. The van der Waals surface area contributed by atoms with Crippen LogP contribution in [0, 0.1) is 0 Å². The van der Waals surface area contributed by atoms with E-state index in [0.717, 1.165) is 16.6 Å². The molecule has 11 heavy (non-hydrogen) atoms. The third-order valence-electron chi connectivity index (χ3n) is 1.35. The van der Waals surface area contributed by atoms with Crippen LogP contribution in [-0.4, -0.2) is 15.5 Å². The third-order valence-corrected chi connectivity index (χ3v) is 2.46. The quantitative estimate of drug-likeness (QED) is 0.701. The Labute approximate surface area is 71.0 Å². The maximum atomic E-state index is 5.60. The Morgan fingerprint density at radius 3 is 2.91 bits per heavy atom. The molecule has 0 atom stereocenters. The van der Waals surface area contributed by atoms with Crippen LogP contribution in [0.25, 0.3) is 0 Å². The van der Waals surface area contributed by atoms with E-state index in [2.05, 4.69) is 12.0 Å². The van der Waals surface area contributed by atoms with E-state index in [9.17, 15) is 0 Å². The SMILES string of the molecule is CCCSc1cc(N)n(C)n1. The number of nitrogens with zero attached hydrogens (tertiary/aromatic N) is 2. The Bertz CT molecular complexity index is 212. The Morgan fingerprint density at radius 1 is 1.73 bits per heavy atom. The van der Waals surface area contributed by atoms with Gasteiger partial charge in [0.15, 0.2) is 0 Å². The van der Waals surface area contributed by atoms with Crippen molar-refractivity contribution in [3.05, 3.63) is 6.07 Å². The van der Waals surface area contributed by atoms with Crippen LogP contribution >= 0.6 is 11.8 Å². The Balaban J connectivity index is 2.58. The molecule has 1 aromatic rings. The van der Waals surface area contributed by atoms with Gasteiger partial charge in [-0.2, -0.15) is 5.10 Å². The van der Waals surface area contributed by atoms with E-state index in [1.165, 1.54) is 6.42 Å². The zero-order chi connectivity index (χ0) is 8.27. The number of rotatable bonds is 3. The van der Waals surface area contributed by atoms with E-state index in [0.29, 0.717) is 0 Å². The summed E-state index contributed by atoms with van der Waals surface area (Å²) in [4.78, 5) is 0. The van der Waals surface area contributed by atoms with Gasteiger partial charge in [-0.3, -0.25) is 4.68 Å². The van der Waals surface area contributed by atoms with Gasteiger partial charge >= 0.3 is 0 Å². The largest absolute Gasteiger partial charge is 0.384 e. The normalized spacial score (nSPS) is 10.4. The van der Waals surface area contributed by atoms with Crippen molar-refractivity contribution >= 4 is 17.6 Å². The van der Waals surface area contributed by atoms with E-state index < -0.39 is 0 Å². The van der Waals surface area contributed by atoms with Crippen molar-refractivity contribution < 1.29 is 0 Å². The van der Waals surface area contributed by atoms with Gasteiger partial charge in [-0.25, -0.2) is 0 Å². The fraction of sp³-hybridized carbons (Fsp3) is 0.571. The predicted molar refractivity (Wildman–Crippen MR) is 48.6 cm³/mol. The minimum atomic E-state index is 0.726. The first-order valence-corrected chi connectivity index (χ1v) is 4.65. The van der Waals surface area contributed by atoms with Crippen LogP contribution in [-0.2, 0) is 7.05 Å². The minimum Gasteiger partial charge on any atom is -0.384 e. The average Bonchev–Trinajstić information content (AvgIpc) is 2.28. The van der Waals surface area contributed by atoms with Crippen LogP contribution in [0.1, 0.15) is 13.3 Å². The van der Waals surface area contributed by atoms with E-state index in [4.69, 9.17) is 5.73 Å². The van der Waals surface area contributed by atoms with Crippen molar-refractivity contribution in [3.8, 4) is 0 Å². The number of aromatic nitrogens is 2. The highest BCUT2D eigenvalue weighted by Crippen LogP contribution is 2.18. The van der Waals surface area contributed by atoms with Gasteiger partial charge in [0.1, 0.15) is 10.8 Å². The molecule has 0 saturated heterocycles. The number of thioether (sulfide) groups is 1. The minimum absolute atomic E-state index is 0.726. The first kappa shape index (κ1) is 8.46. The van der Waals surface area contributed by atoms with Gasteiger partial charge in [0.25, 0.3) is 0 Å². The molecular weight excluding hydrogens is 158 g/mol. The van der Waals surface area contributed by atoms with Gasteiger partial charge in [0.2, 0.25) is 0 Å². The molecule has 3 nitrogen and oxygen atoms in total. The zero-order valence-corrected chi connectivity index (χ0v) is 7.69. The molecule has 0 aliphatic heterocycles. The Morgan fingerprint density at radius 2 is 2.45 bits per heavy atom. The number of aryl methyl sites for hydroxylation is 1. The smallest absolute Gasteiger partial charge is 0.122 e. The predicted octanol–water partition coefficient (Wildman–Crippen LogP) is 1.50. The lowest BCUT2D eigenvalue weighted by atomic mass is 10.6. The molecule has 0 fully saturated rings. The van der Waals surface area contributed by atoms with Crippen molar-refractivity contribution in [2.45, 2.75) is 18.4 Å². The van der Waals surface area contributed by atoms with Crippen molar-refractivity contribution in [1.29, 1.82) is 0 Å². The molecular formula is C7H13N3S. The van der Waals surface area contributed by atoms with Gasteiger partial charge in [-0.1, -0.05) is 6.92 Å². The lowest BCUT2D eigenvalue weighted by molar-refractivity contribution is 0.747. The summed E-state index contributed by atoms with van der Waals surface area (Å²) in [6, 6.07) is 1.90. The number of anilines is 1. The summed E-state index contributed by atoms with van der Waals surface area (Å²) in [6.45, 7) is 2.15. The molecule has 0 aromatic carbocycles. The van der Waals surface area contributed by atoms with Crippen molar-refractivity contribution in [2.24, 2.45) is 7.05 Å². The molecule has 2 N–H and O–H groups in total. The van der Waals surface area contributed by atoms with Gasteiger partial charge in [-0.05, 0) is 12.2 Å². The van der Waals surface area contributed by atoms with Gasteiger partial charge in [0.05, 0.1) is 0 Å². The molecule has 4 heteroatoms. The monoisotopic (exact) mass is 171 g/mol. The van der Waals surface area contributed by atoms with Crippen molar-refractivity contribution in [2.75, 3.05) is 11.5 Å². The molecule has 0 unspecified atom stereocenters. The average molecular weight is 171 g/mol. The number of hydrogen-bond acceptors (Lipinski definition) is 3. The summed E-state index contributed by atoms with van der Waals surface area (Å²) in [5, 5.41) is 5.22. The van der Waals surface area contributed by atoms with Crippen LogP contribution in [0.2, 0.25) is 0 Å². The molecule has 0 aliphatic rings. The Hall–Kier alpha value is -0.640. The molecule has 1 rings (SSSR count). The van der Waals surface area contributed by atoms with Gasteiger partial charge in [0, 0.05) is 13.1 Å². The van der Waals surface area contributed by atoms with Crippen LogP contribution in [0.15, 0.2) is 11.1 Å². The summed E-state index contributed by atoms with van der Waals surface area (Å²) in [5.41, 5.74) is 5.60. The molecule has 0 aliphatic carbocycles. The number of nitrogens with two attached hydrogens (primary N) is 1. The fourth-order valence-corrected chi connectivity index (χ4v) is 1.53. The fourth-order valence-electron chi connectivity index (χ4n) is 0.732. The number of hydrogen-bond donors (Lipinski definition) is 1. The van der Waals surface area contributed by atoms with E-state index in [-0.39, 0.29) is 0 Å². The second-order valence-corrected chi connectivity index (χ2v) is 3.49. The van der Waals surface area contributed by atoms with E-state index in [1.54, 1.807) is 16.4 Å². The molecule has 0 saturated carbocycles. The molecule has 62 valence electrons. The summed E-state index contributed by atoms with van der Waals surface area (Å²) >= 11 is 1.74. The maximum absolute atomic E-state index is 5.60. The molecule has 0 radical (unpaired) electrons. The summed E-state index contributed by atoms with van der Waals surface area (Å²) in [7, 11) is 1.85. The molecule has 0 spiro atoms. The first-order chi connectivity index (χ1) is 5.24. The highest BCUT2D eigenvalue weighted by molar-refractivity contribution is 7.99. The molecule has 0 bridgehead atoms. The maximum Gasteiger partial charge on any atom is 0.122 e. The van der Waals surface area contributed by atoms with Crippen LogP contribution in [0.3, 0.4) is 0 Å². The molecule has 1 heterocycles. The van der Waals surface area contributed by atoms with Crippen molar-refractivity contribution in [1.82, 2.24) is 9.78 Å². The standard InChI is InChI=1S/C7H13N3S/c1-3-4-11-7-5-6(8)10(2)9-7/h5H,3-4,8H2,1-2H3. The topological polar surface area (TPSA) is 43.8 Å². The second-order valence-electron chi connectivity index (χ2n) is 2.38. The van der Waals surface area contributed by atoms with Gasteiger partial charge in [-0.15, -0.1) is 11.8 Å². The summed E-state index contributed by atoms with van der Waals surface area (Å²) in [6.07, 6.45) is 1.17. The molecule has 0 amide bonds. The van der Waals surface area contributed by atoms with E-state index >= 15 is 0 Å². The third kappa shape index (κ3) is 2.15.